The minimum absolute atomic E-state index is 0.555. The Bertz CT molecular complexity index is 424. The third-order valence-electron chi connectivity index (χ3n) is 4.40. The lowest BCUT2D eigenvalue weighted by Gasteiger charge is -2.30. The number of aromatic nitrogens is 1. The summed E-state index contributed by atoms with van der Waals surface area (Å²) in [7, 11) is 2.16. The zero-order valence-corrected chi connectivity index (χ0v) is 12.6. The number of nitrogens with zero attached hydrogens (tertiary/aromatic N) is 2. The van der Waals surface area contributed by atoms with Crippen LogP contribution in [0.2, 0.25) is 0 Å². The van der Waals surface area contributed by atoms with Gasteiger partial charge in [-0.2, -0.15) is 0 Å². The smallest absolute Gasteiger partial charge is 0.133 e. The highest BCUT2D eigenvalue weighted by molar-refractivity contribution is 5.50. The van der Waals surface area contributed by atoms with Crippen LogP contribution in [0.1, 0.15) is 56.4 Å². The van der Waals surface area contributed by atoms with Crippen molar-refractivity contribution in [2.24, 2.45) is 5.73 Å². The van der Waals surface area contributed by atoms with Gasteiger partial charge >= 0.3 is 0 Å². The molecule has 0 radical (unpaired) electrons. The molecule has 0 bridgehead atoms. The summed E-state index contributed by atoms with van der Waals surface area (Å²) in [5, 5.41) is 0. The van der Waals surface area contributed by atoms with Crippen molar-refractivity contribution in [1.82, 2.24) is 4.98 Å². The lowest BCUT2D eigenvalue weighted by Crippen LogP contribution is -2.32. The van der Waals surface area contributed by atoms with E-state index in [1.165, 1.54) is 36.1 Å². The lowest BCUT2D eigenvalue weighted by molar-refractivity contribution is 0.580. The van der Waals surface area contributed by atoms with E-state index in [-0.39, 0.29) is 0 Å². The second kappa shape index (κ2) is 6.38. The predicted molar refractivity (Wildman–Crippen MR) is 81.5 cm³/mol. The van der Waals surface area contributed by atoms with E-state index < -0.39 is 0 Å². The monoisotopic (exact) mass is 261 g/mol. The molecule has 0 saturated carbocycles. The molecule has 0 aromatic carbocycles. The number of fused-ring (bicyclic) bond motifs is 1. The van der Waals surface area contributed by atoms with Gasteiger partial charge in [-0.05, 0) is 50.2 Å². The van der Waals surface area contributed by atoms with Gasteiger partial charge in [0, 0.05) is 30.9 Å². The van der Waals surface area contributed by atoms with Crippen molar-refractivity contribution in [3.8, 4) is 0 Å². The molecular formula is C16H27N3. The van der Waals surface area contributed by atoms with Crippen LogP contribution in [0.3, 0.4) is 0 Å². The Balaban J connectivity index is 2.37. The summed E-state index contributed by atoms with van der Waals surface area (Å²) in [6, 6.07) is 2.86. The number of nitrogens with two attached hydrogens (primary N) is 1. The molecule has 1 heterocycles. The summed E-state index contributed by atoms with van der Waals surface area (Å²) >= 11 is 0. The Morgan fingerprint density at radius 1 is 1.26 bits per heavy atom. The van der Waals surface area contributed by atoms with Crippen molar-refractivity contribution in [2.75, 3.05) is 11.9 Å². The fourth-order valence-corrected chi connectivity index (χ4v) is 3.14. The van der Waals surface area contributed by atoms with E-state index in [0.29, 0.717) is 12.6 Å². The van der Waals surface area contributed by atoms with Crippen LogP contribution in [-0.2, 0) is 19.4 Å². The molecule has 0 atom stereocenters. The average Bonchev–Trinajstić information content (AvgIpc) is 2.46. The number of pyridine rings is 1. The van der Waals surface area contributed by atoms with Crippen LogP contribution in [0.25, 0.3) is 0 Å². The van der Waals surface area contributed by atoms with Crippen molar-refractivity contribution in [3.63, 3.8) is 0 Å². The van der Waals surface area contributed by atoms with Crippen LogP contribution in [-0.4, -0.2) is 18.1 Å². The third-order valence-corrected chi connectivity index (χ3v) is 4.40. The molecule has 2 N–H and O–H groups in total. The zero-order chi connectivity index (χ0) is 13.8. The fourth-order valence-electron chi connectivity index (χ4n) is 3.14. The first kappa shape index (κ1) is 14.3. The Morgan fingerprint density at radius 2 is 1.95 bits per heavy atom. The molecule has 3 heteroatoms. The molecule has 0 saturated heterocycles. The first-order chi connectivity index (χ1) is 9.21. The first-order valence-corrected chi connectivity index (χ1v) is 7.65. The van der Waals surface area contributed by atoms with E-state index in [2.05, 4.69) is 31.9 Å². The van der Waals surface area contributed by atoms with Gasteiger partial charge in [-0.15, -0.1) is 0 Å². The molecule has 1 aliphatic rings. The zero-order valence-electron chi connectivity index (χ0n) is 12.6. The summed E-state index contributed by atoms with van der Waals surface area (Å²) in [4.78, 5) is 7.28. The largest absolute Gasteiger partial charge is 0.356 e. The summed E-state index contributed by atoms with van der Waals surface area (Å²) in [5.74, 6) is 1.11. The van der Waals surface area contributed by atoms with Gasteiger partial charge < -0.3 is 10.6 Å². The van der Waals surface area contributed by atoms with Crippen LogP contribution < -0.4 is 10.6 Å². The van der Waals surface area contributed by atoms with Crippen molar-refractivity contribution in [1.29, 1.82) is 0 Å². The molecule has 3 nitrogen and oxygen atoms in total. The first-order valence-electron chi connectivity index (χ1n) is 7.65. The maximum absolute atomic E-state index is 5.94. The van der Waals surface area contributed by atoms with Crippen LogP contribution >= 0.6 is 0 Å². The summed E-state index contributed by atoms with van der Waals surface area (Å²) in [6.07, 6.45) is 7.16. The van der Waals surface area contributed by atoms with Gasteiger partial charge in [0.05, 0.1) is 0 Å². The molecule has 1 aliphatic carbocycles. The number of hydrogen-bond donors (Lipinski definition) is 1. The number of rotatable bonds is 5. The topological polar surface area (TPSA) is 42.2 Å². The standard InChI is InChI=1S/C16H27N3/c1-4-14(5-2)19(3)16-13(11-17)10-12-8-6-7-9-15(12)18-16/h10,14H,4-9,11,17H2,1-3H3. The van der Waals surface area contributed by atoms with E-state index in [1.807, 2.05) is 0 Å². The van der Waals surface area contributed by atoms with Crippen LogP contribution in [0.4, 0.5) is 5.82 Å². The Kier molecular flexibility index (Phi) is 4.81. The molecule has 2 rings (SSSR count). The Morgan fingerprint density at radius 3 is 2.58 bits per heavy atom. The molecule has 0 aliphatic heterocycles. The quantitative estimate of drug-likeness (QED) is 0.886. The fraction of sp³-hybridized carbons (Fsp3) is 0.688. The Labute approximate surface area is 117 Å². The summed E-state index contributed by atoms with van der Waals surface area (Å²) < 4.78 is 0. The molecular weight excluding hydrogens is 234 g/mol. The van der Waals surface area contributed by atoms with Gasteiger partial charge in [0.1, 0.15) is 5.82 Å². The van der Waals surface area contributed by atoms with Crippen molar-refractivity contribution >= 4 is 5.82 Å². The van der Waals surface area contributed by atoms with Gasteiger partial charge in [-0.25, -0.2) is 4.98 Å². The molecule has 0 amide bonds. The van der Waals surface area contributed by atoms with E-state index in [4.69, 9.17) is 10.7 Å². The molecule has 0 fully saturated rings. The maximum atomic E-state index is 5.94. The maximum Gasteiger partial charge on any atom is 0.133 e. The van der Waals surface area contributed by atoms with Gasteiger partial charge in [0.25, 0.3) is 0 Å². The highest BCUT2D eigenvalue weighted by atomic mass is 15.2. The van der Waals surface area contributed by atoms with Crippen molar-refractivity contribution < 1.29 is 0 Å². The van der Waals surface area contributed by atoms with E-state index in [0.717, 1.165) is 25.1 Å². The molecule has 1 aromatic heterocycles. The number of anilines is 1. The minimum Gasteiger partial charge on any atom is -0.356 e. The summed E-state index contributed by atoms with van der Waals surface area (Å²) in [6.45, 7) is 5.07. The second-order valence-electron chi connectivity index (χ2n) is 5.57. The third kappa shape index (κ3) is 2.92. The van der Waals surface area contributed by atoms with Gasteiger partial charge in [-0.1, -0.05) is 13.8 Å². The minimum atomic E-state index is 0.555. The van der Waals surface area contributed by atoms with Crippen molar-refractivity contribution in [2.45, 2.75) is 65.0 Å². The van der Waals surface area contributed by atoms with Gasteiger partial charge in [0.2, 0.25) is 0 Å². The number of hydrogen-bond acceptors (Lipinski definition) is 3. The van der Waals surface area contributed by atoms with E-state index >= 15 is 0 Å². The summed E-state index contributed by atoms with van der Waals surface area (Å²) in [5.41, 5.74) is 9.87. The lowest BCUT2D eigenvalue weighted by atomic mass is 9.94. The SMILES string of the molecule is CCC(CC)N(C)c1nc2c(cc1CN)CCCC2. The Hall–Kier alpha value is -1.09. The van der Waals surface area contributed by atoms with Crippen LogP contribution in [0.15, 0.2) is 6.07 Å². The molecule has 0 spiro atoms. The van der Waals surface area contributed by atoms with Gasteiger partial charge in [0.15, 0.2) is 0 Å². The van der Waals surface area contributed by atoms with Crippen LogP contribution in [0.5, 0.6) is 0 Å². The van der Waals surface area contributed by atoms with Gasteiger partial charge in [-0.3, -0.25) is 0 Å². The predicted octanol–water partition coefficient (Wildman–Crippen LogP) is 3.04. The average molecular weight is 261 g/mol. The highest BCUT2D eigenvalue weighted by Gasteiger charge is 2.19. The molecule has 19 heavy (non-hydrogen) atoms. The van der Waals surface area contributed by atoms with E-state index in [1.54, 1.807) is 0 Å². The number of aryl methyl sites for hydroxylation is 2. The van der Waals surface area contributed by atoms with Crippen molar-refractivity contribution in [3.05, 3.63) is 22.9 Å². The van der Waals surface area contributed by atoms with Crippen LogP contribution in [0, 0.1) is 0 Å². The molecule has 1 aromatic rings. The van der Waals surface area contributed by atoms with E-state index in [9.17, 15) is 0 Å². The normalized spacial score (nSPS) is 14.6. The molecule has 0 unspecified atom stereocenters. The highest BCUT2D eigenvalue weighted by Crippen LogP contribution is 2.27. The molecule has 106 valence electrons. The second-order valence-corrected chi connectivity index (χ2v) is 5.57.